The van der Waals surface area contributed by atoms with Crippen molar-refractivity contribution in [2.24, 2.45) is 0 Å². The molecule has 24 heavy (non-hydrogen) atoms. The van der Waals surface area contributed by atoms with Crippen LogP contribution in [0.5, 0.6) is 11.5 Å². The second-order valence-electron chi connectivity index (χ2n) is 5.71. The molecule has 0 atom stereocenters. The lowest BCUT2D eigenvalue weighted by Crippen LogP contribution is -2.14. The van der Waals surface area contributed by atoms with Crippen LogP contribution >= 0.6 is 0 Å². The molecule has 128 valence electrons. The molecule has 0 aromatic heterocycles. The Kier molecular flexibility index (Phi) is 6.67. The van der Waals surface area contributed by atoms with Crippen LogP contribution in [-0.2, 0) is 17.6 Å². The zero-order valence-electron chi connectivity index (χ0n) is 14.6. The average Bonchev–Trinajstić information content (AvgIpc) is 2.61. The summed E-state index contributed by atoms with van der Waals surface area (Å²) < 4.78 is 10.5. The van der Waals surface area contributed by atoms with Gasteiger partial charge in [0.2, 0.25) is 5.91 Å². The number of ether oxygens (including phenoxy) is 2. The molecule has 0 aliphatic carbocycles. The van der Waals surface area contributed by atoms with Gasteiger partial charge in [0.05, 0.1) is 20.6 Å². The smallest absolute Gasteiger partial charge is 0.228 e. The van der Waals surface area contributed by atoms with Crippen molar-refractivity contribution in [3.8, 4) is 11.5 Å². The fourth-order valence-corrected chi connectivity index (χ4v) is 2.52. The fourth-order valence-electron chi connectivity index (χ4n) is 2.52. The lowest BCUT2D eigenvalue weighted by molar-refractivity contribution is -0.115. The highest BCUT2D eigenvalue weighted by molar-refractivity contribution is 5.92. The van der Waals surface area contributed by atoms with Gasteiger partial charge in [-0.15, -0.1) is 0 Å². The van der Waals surface area contributed by atoms with E-state index in [9.17, 15) is 4.79 Å². The fraction of sp³-hybridized carbons (Fsp3) is 0.350. The molecule has 0 radical (unpaired) electrons. The Bertz CT molecular complexity index is 665. The van der Waals surface area contributed by atoms with E-state index in [0.29, 0.717) is 11.5 Å². The van der Waals surface area contributed by atoms with Crippen LogP contribution in [0.3, 0.4) is 0 Å². The lowest BCUT2D eigenvalue weighted by atomic mass is 10.1. The standard InChI is InChI=1S/C20H25NO3/c1-4-5-6-15-7-10-17(11-8-15)21-20(22)14-16-9-12-18(23-2)19(13-16)24-3/h7-13H,4-6,14H2,1-3H3,(H,21,22). The second kappa shape index (κ2) is 8.96. The summed E-state index contributed by atoms with van der Waals surface area (Å²) in [6.45, 7) is 2.18. The van der Waals surface area contributed by atoms with Crippen molar-refractivity contribution in [3.63, 3.8) is 0 Å². The van der Waals surface area contributed by atoms with Crippen LogP contribution in [0.15, 0.2) is 42.5 Å². The number of benzene rings is 2. The van der Waals surface area contributed by atoms with E-state index in [2.05, 4.69) is 24.4 Å². The Morgan fingerprint density at radius 3 is 2.25 bits per heavy atom. The van der Waals surface area contributed by atoms with Gasteiger partial charge in [-0.1, -0.05) is 31.5 Å². The first-order valence-corrected chi connectivity index (χ1v) is 8.26. The third-order valence-corrected chi connectivity index (χ3v) is 3.87. The van der Waals surface area contributed by atoms with E-state index in [-0.39, 0.29) is 12.3 Å². The topological polar surface area (TPSA) is 47.6 Å². The van der Waals surface area contributed by atoms with E-state index < -0.39 is 0 Å². The zero-order valence-corrected chi connectivity index (χ0v) is 14.6. The number of carbonyl (C=O) groups is 1. The van der Waals surface area contributed by atoms with E-state index in [4.69, 9.17) is 9.47 Å². The molecule has 2 aromatic rings. The maximum absolute atomic E-state index is 12.2. The van der Waals surface area contributed by atoms with Crippen molar-refractivity contribution in [1.82, 2.24) is 0 Å². The van der Waals surface area contributed by atoms with Crippen molar-refractivity contribution in [2.75, 3.05) is 19.5 Å². The molecule has 1 amide bonds. The summed E-state index contributed by atoms with van der Waals surface area (Å²) in [6.07, 6.45) is 3.74. The van der Waals surface area contributed by atoms with E-state index in [1.165, 1.54) is 18.4 Å². The van der Waals surface area contributed by atoms with Crippen molar-refractivity contribution in [2.45, 2.75) is 32.6 Å². The van der Waals surface area contributed by atoms with Crippen LogP contribution < -0.4 is 14.8 Å². The Labute approximate surface area is 143 Å². The molecule has 0 fully saturated rings. The predicted molar refractivity (Wildman–Crippen MR) is 96.9 cm³/mol. The summed E-state index contributed by atoms with van der Waals surface area (Å²) in [5.74, 6) is 1.23. The second-order valence-corrected chi connectivity index (χ2v) is 5.71. The van der Waals surface area contributed by atoms with Crippen LogP contribution in [0.1, 0.15) is 30.9 Å². The molecule has 1 N–H and O–H groups in total. The van der Waals surface area contributed by atoms with Crippen LogP contribution in [0.25, 0.3) is 0 Å². The molecule has 2 aromatic carbocycles. The lowest BCUT2D eigenvalue weighted by Gasteiger charge is -2.10. The molecule has 0 bridgehead atoms. The number of hydrogen-bond donors (Lipinski definition) is 1. The molecule has 0 saturated carbocycles. The highest BCUT2D eigenvalue weighted by Crippen LogP contribution is 2.27. The van der Waals surface area contributed by atoms with Gasteiger partial charge < -0.3 is 14.8 Å². The van der Waals surface area contributed by atoms with Crippen LogP contribution in [0, 0.1) is 0 Å². The Morgan fingerprint density at radius 2 is 1.62 bits per heavy atom. The summed E-state index contributed by atoms with van der Waals surface area (Å²) >= 11 is 0. The Balaban J connectivity index is 1.95. The normalized spacial score (nSPS) is 10.3. The highest BCUT2D eigenvalue weighted by atomic mass is 16.5. The first-order valence-electron chi connectivity index (χ1n) is 8.26. The van der Waals surface area contributed by atoms with Gasteiger partial charge >= 0.3 is 0 Å². The first kappa shape index (κ1) is 17.9. The minimum absolute atomic E-state index is 0.0523. The molecule has 4 nitrogen and oxygen atoms in total. The molecule has 0 unspecified atom stereocenters. The summed E-state index contributed by atoms with van der Waals surface area (Å²) in [5.41, 5.74) is 3.00. The number of unbranched alkanes of at least 4 members (excludes halogenated alkanes) is 1. The number of nitrogens with one attached hydrogen (secondary N) is 1. The summed E-state index contributed by atoms with van der Waals surface area (Å²) in [4.78, 5) is 12.2. The SMILES string of the molecule is CCCCc1ccc(NC(=O)Cc2ccc(OC)c(OC)c2)cc1. The van der Waals surface area contributed by atoms with Gasteiger partial charge in [-0.05, 0) is 48.2 Å². The zero-order chi connectivity index (χ0) is 17.4. The molecule has 2 rings (SSSR count). The van der Waals surface area contributed by atoms with E-state index in [0.717, 1.165) is 17.7 Å². The minimum atomic E-state index is -0.0523. The summed E-state index contributed by atoms with van der Waals surface area (Å²) in [7, 11) is 3.18. The van der Waals surface area contributed by atoms with E-state index >= 15 is 0 Å². The third-order valence-electron chi connectivity index (χ3n) is 3.87. The average molecular weight is 327 g/mol. The number of aryl methyl sites for hydroxylation is 1. The molecule has 0 saturated heterocycles. The number of methoxy groups -OCH3 is 2. The molecule has 0 aliphatic rings. The van der Waals surface area contributed by atoms with Crippen LogP contribution in [0.2, 0.25) is 0 Å². The van der Waals surface area contributed by atoms with Crippen molar-refractivity contribution in [3.05, 3.63) is 53.6 Å². The van der Waals surface area contributed by atoms with Crippen molar-refractivity contribution in [1.29, 1.82) is 0 Å². The minimum Gasteiger partial charge on any atom is -0.493 e. The quantitative estimate of drug-likeness (QED) is 0.789. The highest BCUT2D eigenvalue weighted by Gasteiger charge is 2.08. The van der Waals surface area contributed by atoms with Gasteiger partial charge in [0, 0.05) is 5.69 Å². The third kappa shape index (κ3) is 5.01. The first-order chi connectivity index (χ1) is 11.7. The van der Waals surface area contributed by atoms with Crippen molar-refractivity contribution >= 4 is 11.6 Å². The van der Waals surface area contributed by atoms with E-state index in [1.807, 2.05) is 30.3 Å². The van der Waals surface area contributed by atoms with Gasteiger partial charge in [0.1, 0.15) is 0 Å². The predicted octanol–water partition coefficient (Wildman–Crippen LogP) is 4.23. The number of amides is 1. The van der Waals surface area contributed by atoms with Gasteiger partial charge in [-0.25, -0.2) is 0 Å². The Hall–Kier alpha value is -2.49. The molecular weight excluding hydrogens is 302 g/mol. The van der Waals surface area contributed by atoms with Crippen molar-refractivity contribution < 1.29 is 14.3 Å². The Morgan fingerprint density at radius 1 is 0.958 bits per heavy atom. The maximum atomic E-state index is 12.2. The number of anilines is 1. The summed E-state index contributed by atoms with van der Waals surface area (Å²) in [6, 6.07) is 13.6. The monoisotopic (exact) mass is 327 g/mol. The largest absolute Gasteiger partial charge is 0.493 e. The number of hydrogen-bond acceptors (Lipinski definition) is 3. The van der Waals surface area contributed by atoms with Gasteiger partial charge in [-0.2, -0.15) is 0 Å². The van der Waals surface area contributed by atoms with Gasteiger partial charge in [0.15, 0.2) is 11.5 Å². The molecular formula is C20H25NO3. The molecule has 0 aliphatic heterocycles. The van der Waals surface area contributed by atoms with Gasteiger partial charge in [0.25, 0.3) is 0 Å². The number of carbonyl (C=O) groups excluding carboxylic acids is 1. The van der Waals surface area contributed by atoms with Crippen LogP contribution in [-0.4, -0.2) is 20.1 Å². The molecule has 0 heterocycles. The van der Waals surface area contributed by atoms with Gasteiger partial charge in [-0.3, -0.25) is 4.79 Å². The van der Waals surface area contributed by atoms with Crippen LogP contribution in [0.4, 0.5) is 5.69 Å². The summed E-state index contributed by atoms with van der Waals surface area (Å²) in [5, 5.41) is 2.93. The maximum Gasteiger partial charge on any atom is 0.228 e. The molecule has 4 heteroatoms. The number of rotatable bonds is 8. The molecule has 0 spiro atoms. The van der Waals surface area contributed by atoms with E-state index in [1.54, 1.807) is 14.2 Å².